The molecule has 256 valence electrons. The maximum Gasteiger partial charge on any atom is 0.121 e. The van der Waals surface area contributed by atoms with Gasteiger partial charge >= 0.3 is 0 Å². The van der Waals surface area contributed by atoms with Gasteiger partial charge in [-0.25, -0.2) is 0 Å². The summed E-state index contributed by atoms with van der Waals surface area (Å²) < 4.78 is 6.32. The monoisotopic (exact) mass is 617 g/mol. The second kappa shape index (κ2) is 15.0. The van der Waals surface area contributed by atoms with E-state index in [9.17, 15) is 15.3 Å². The average Bonchev–Trinajstić information content (AvgIpc) is 3.49. The van der Waals surface area contributed by atoms with Crippen molar-refractivity contribution in [2.45, 2.75) is 188 Å². The molecule has 0 aromatic heterocycles. The molecule has 5 unspecified atom stereocenters. The summed E-state index contributed by atoms with van der Waals surface area (Å²) in [5.74, 6) is 2.77. The van der Waals surface area contributed by atoms with E-state index in [0.29, 0.717) is 18.3 Å². The lowest BCUT2D eigenvalue weighted by Crippen LogP contribution is -2.50. The summed E-state index contributed by atoms with van der Waals surface area (Å²) in [5, 5.41) is 31.5. The van der Waals surface area contributed by atoms with Crippen LogP contribution in [0.5, 0.6) is 0 Å². The molecule has 0 bridgehead atoms. The number of hydrogen-bond acceptors (Lipinski definition) is 4. The number of allylic oxidation sites excluding steroid dienone is 2. The number of hydrogen-bond donors (Lipinski definition) is 3. The Hall–Kier alpha value is -0.680. The molecule has 1 heterocycles. The number of aliphatic hydroxyl groups is 3. The summed E-state index contributed by atoms with van der Waals surface area (Å²) in [6, 6.07) is 0. The lowest BCUT2D eigenvalue weighted by Gasteiger charge is -2.48. The van der Waals surface area contributed by atoms with E-state index < -0.39 is 11.7 Å². The van der Waals surface area contributed by atoms with Gasteiger partial charge in [0.1, 0.15) is 11.2 Å². The van der Waals surface area contributed by atoms with E-state index in [-0.39, 0.29) is 34.1 Å². The fraction of sp³-hybridized carbons (Fsp3) is 0.900. The van der Waals surface area contributed by atoms with E-state index in [1.807, 2.05) is 6.92 Å². The highest BCUT2D eigenvalue weighted by Crippen LogP contribution is 2.66. The molecule has 44 heavy (non-hydrogen) atoms. The van der Waals surface area contributed by atoms with Gasteiger partial charge in [-0.2, -0.15) is 0 Å². The zero-order valence-corrected chi connectivity index (χ0v) is 30.5. The SMILES string of the molecule is CC(C=CC1C(C)(C)C[C@H](O)C[C@@]1(C)O)CCCC(C)CCCCC(C)CCCC(C)/C=C/[C@@]12O[C@]1(C)C[C@@H](O)CC2(C)C. The van der Waals surface area contributed by atoms with Gasteiger partial charge in [-0.1, -0.05) is 131 Å². The van der Waals surface area contributed by atoms with E-state index in [1.165, 1.54) is 64.2 Å². The Morgan fingerprint density at radius 1 is 0.659 bits per heavy atom. The fourth-order valence-electron chi connectivity index (χ4n) is 9.44. The van der Waals surface area contributed by atoms with Crippen LogP contribution < -0.4 is 0 Å². The standard InChI is InChI=1S/C40H72O4/c1-29(17-13-19-31(3)21-22-35-36(5,6)25-33(41)27-38(35,9)43)15-11-12-16-30(2)18-14-20-32(4)23-24-40-37(7,8)26-34(42)28-39(40,10)44-40/h21-24,29-35,41-43H,11-20,25-28H2,1-10H3/b22-21?,24-23+/t29?,30?,31?,32?,33-,34-,35?,38+,39+,40-/m0/s1. The first-order chi connectivity index (χ1) is 20.3. The van der Waals surface area contributed by atoms with Gasteiger partial charge in [0.15, 0.2) is 0 Å². The summed E-state index contributed by atoms with van der Waals surface area (Å²) in [4.78, 5) is 0. The molecular formula is C40H72O4. The highest BCUT2D eigenvalue weighted by atomic mass is 16.6. The molecule has 10 atom stereocenters. The van der Waals surface area contributed by atoms with Crippen LogP contribution in [0.1, 0.15) is 159 Å². The van der Waals surface area contributed by atoms with Crippen LogP contribution in [0, 0.1) is 40.4 Å². The molecule has 3 aliphatic rings. The summed E-state index contributed by atoms with van der Waals surface area (Å²) >= 11 is 0. The van der Waals surface area contributed by atoms with Crippen molar-refractivity contribution in [1.82, 2.24) is 0 Å². The number of epoxide rings is 1. The predicted molar refractivity (Wildman–Crippen MR) is 185 cm³/mol. The molecule has 3 N–H and O–H groups in total. The van der Waals surface area contributed by atoms with Gasteiger partial charge in [-0.05, 0) is 68.6 Å². The molecule has 1 aliphatic heterocycles. The summed E-state index contributed by atoms with van der Waals surface area (Å²) in [6.45, 7) is 22.4. The van der Waals surface area contributed by atoms with Gasteiger partial charge in [0.05, 0.1) is 17.8 Å². The minimum atomic E-state index is -0.841. The first kappa shape index (κ1) is 37.8. The van der Waals surface area contributed by atoms with E-state index in [1.54, 1.807) is 0 Å². The Bertz CT molecular complexity index is 931. The maximum atomic E-state index is 11.0. The van der Waals surface area contributed by atoms with Crippen LogP contribution >= 0.6 is 0 Å². The lowest BCUT2D eigenvalue weighted by atomic mass is 9.61. The number of fused-ring (bicyclic) bond motifs is 1. The van der Waals surface area contributed by atoms with Gasteiger partial charge in [0.25, 0.3) is 0 Å². The minimum absolute atomic E-state index is 0.0279. The van der Waals surface area contributed by atoms with Crippen molar-refractivity contribution in [3.8, 4) is 0 Å². The Kier molecular flexibility index (Phi) is 12.9. The predicted octanol–water partition coefficient (Wildman–Crippen LogP) is 9.80. The third-order valence-electron chi connectivity index (χ3n) is 12.1. The molecule has 2 aliphatic carbocycles. The highest BCUT2D eigenvalue weighted by molar-refractivity contribution is 5.32. The second-order valence-electron chi connectivity index (χ2n) is 18.0. The van der Waals surface area contributed by atoms with Crippen LogP contribution in [-0.2, 0) is 4.74 Å². The molecule has 0 aromatic carbocycles. The fourth-order valence-corrected chi connectivity index (χ4v) is 9.44. The molecule has 0 radical (unpaired) electrons. The first-order valence-corrected chi connectivity index (χ1v) is 18.5. The van der Waals surface area contributed by atoms with Gasteiger partial charge in [0.2, 0.25) is 0 Å². The van der Waals surface area contributed by atoms with E-state index >= 15 is 0 Å². The van der Waals surface area contributed by atoms with Crippen LogP contribution in [0.2, 0.25) is 0 Å². The van der Waals surface area contributed by atoms with Gasteiger partial charge in [0, 0.05) is 24.2 Å². The number of aliphatic hydroxyl groups excluding tert-OH is 2. The Morgan fingerprint density at radius 3 is 1.68 bits per heavy atom. The lowest BCUT2D eigenvalue weighted by molar-refractivity contribution is -0.111. The Labute approximate surface area is 272 Å². The summed E-state index contributed by atoms with van der Waals surface area (Å²) in [6.07, 6.45) is 24.5. The smallest absolute Gasteiger partial charge is 0.121 e. The molecule has 4 heteroatoms. The van der Waals surface area contributed by atoms with E-state index in [2.05, 4.69) is 86.6 Å². The van der Waals surface area contributed by atoms with Crippen molar-refractivity contribution < 1.29 is 20.1 Å². The summed E-state index contributed by atoms with van der Waals surface area (Å²) in [5.41, 5.74) is -1.36. The molecule has 2 saturated carbocycles. The molecule has 3 fully saturated rings. The Morgan fingerprint density at radius 2 is 1.16 bits per heavy atom. The molecular weight excluding hydrogens is 544 g/mol. The first-order valence-electron chi connectivity index (χ1n) is 18.5. The van der Waals surface area contributed by atoms with Crippen LogP contribution in [0.25, 0.3) is 0 Å². The van der Waals surface area contributed by atoms with Crippen LogP contribution in [0.4, 0.5) is 0 Å². The number of rotatable bonds is 17. The molecule has 4 nitrogen and oxygen atoms in total. The third-order valence-corrected chi connectivity index (χ3v) is 12.1. The number of unbranched alkanes of at least 4 members (excludes halogenated alkanes) is 1. The van der Waals surface area contributed by atoms with E-state index in [0.717, 1.165) is 31.1 Å². The quantitative estimate of drug-likeness (QED) is 0.0864. The zero-order chi connectivity index (χ0) is 33.0. The van der Waals surface area contributed by atoms with Gasteiger partial charge in [-0.15, -0.1) is 0 Å². The normalized spacial score (nSPS) is 37.5. The topological polar surface area (TPSA) is 73.2 Å². The summed E-state index contributed by atoms with van der Waals surface area (Å²) in [7, 11) is 0. The largest absolute Gasteiger partial charge is 0.393 e. The van der Waals surface area contributed by atoms with Gasteiger partial charge < -0.3 is 20.1 Å². The van der Waals surface area contributed by atoms with Gasteiger partial charge in [-0.3, -0.25) is 0 Å². The highest BCUT2D eigenvalue weighted by Gasteiger charge is 2.74. The third kappa shape index (κ3) is 9.68. The molecule has 1 saturated heterocycles. The van der Waals surface area contributed by atoms with Crippen molar-refractivity contribution in [2.75, 3.05) is 0 Å². The minimum Gasteiger partial charge on any atom is -0.393 e. The molecule has 0 spiro atoms. The van der Waals surface area contributed by atoms with Crippen molar-refractivity contribution in [3.63, 3.8) is 0 Å². The van der Waals surface area contributed by atoms with Crippen molar-refractivity contribution in [1.29, 1.82) is 0 Å². The van der Waals surface area contributed by atoms with Crippen molar-refractivity contribution in [3.05, 3.63) is 24.3 Å². The number of ether oxygens (including phenoxy) is 1. The van der Waals surface area contributed by atoms with Crippen LogP contribution in [-0.4, -0.2) is 44.3 Å². The average molecular weight is 617 g/mol. The zero-order valence-electron chi connectivity index (χ0n) is 30.5. The van der Waals surface area contributed by atoms with Crippen molar-refractivity contribution >= 4 is 0 Å². The molecule has 0 amide bonds. The maximum absolute atomic E-state index is 11.0. The molecule has 3 rings (SSSR count). The second-order valence-corrected chi connectivity index (χ2v) is 18.0. The Balaban J connectivity index is 1.24. The van der Waals surface area contributed by atoms with Crippen LogP contribution in [0.15, 0.2) is 24.3 Å². The van der Waals surface area contributed by atoms with Crippen LogP contribution in [0.3, 0.4) is 0 Å². The van der Waals surface area contributed by atoms with Crippen molar-refractivity contribution in [2.24, 2.45) is 40.4 Å². The van der Waals surface area contributed by atoms with E-state index in [4.69, 9.17) is 4.74 Å². The molecule has 0 aromatic rings.